The lowest BCUT2D eigenvalue weighted by Crippen LogP contribution is -2.28. The summed E-state index contributed by atoms with van der Waals surface area (Å²) in [6.45, 7) is 2.73. The average Bonchev–Trinajstić information content (AvgIpc) is 3.00. The Morgan fingerprint density at radius 3 is 2.57 bits per heavy atom. The number of aromatic nitrogens is 2. The minimum atomic E-state index is -3.92. The quantitative estimate of drug-likeness (QED) is 0.645. The zero-order valence-corrected chi connectivity index (χ0v) is 16.0. The summed E-state index contributed by atoms with van der Waals surface area (Å²) >= 11 is 0. The number of benzene rings is 1. The topological polar surface area (TPSA) is 119 Å². The van der Waals surface area contributed by atoms with Gasteiger partial charge in [0.05, 0.1) is 10.6 Å². The van der Waals surface area contributed by atoms with E-state index in [0.717, 1.165) is 12.6 Å². The van der Waals surface area contributed by atoms with Crippen LogP contribution in [0.1, 0.15) is 12.6 Å². The summed E-state index contributed by atoms with van der Waals surface area (Å²) in [6, 6.07) is 8.93. The SMILES string of the molecule is CC(=O)NS(=O)(=O)c1ccc(NC(=O)COc2cccn3cc(C)nc23)cc1. The first kappa shape index (κ1) is 19.4. The van der Waals surface area contributed by atoms with Gasteiger partial charge in [-0.1, -0.05) is 0 Å². The number of aryl methyl sites for hydroxylation is 1. The molecule has 2 amide bonds. The second-order valence-electron chi connectivity index (χ2n) is 6.01. The van der Waals surface area contributed by atoms with Gasteiger partial charge in [0.1, 0.15) is 0 Å². The van der Waals surface area contributed by atoms with Gasteiger partial charge in [-0.05, 0) is 43.3 Å². The van der Waals surface area contributed by atoms with Crippen LogP contribution < -0.4 is 14.8 Å². The number of anilines is 1. The lowest BCUT2D eigenvalue weighted by atomic mass is 10.3. The monoisotopic (exact) mass is 402 g/mol. The summed E-state index contributed by atoms with van der Waals surface area (Å²) in [4.78, 5) is 27.3. The Morgan fingerprint density at radius 1 is 1.18 bits per heavy atom. The molecule has 0 bridgehead atoms. The number of sulfonamides is 1. The van der Waals surface area contributed by atoms with Crippen molar-refractivity contribution in [2.24, 2.45) is 0 Å². The van der Waals surface area contributed by atoms with Crippen LogP contribution in [0, 0.1) is 6.92 Å². The molecule has 0 spiro atoms. The molecule has 1 aromatic carbocycles. The third kappa shape index (κ3) is 4.46. The van der Waals surface area contributed by atoms with Crippen molar-refractivity contribution in [3.05, 3.63) is 54.5 Å². The zero-order chi connectivity index (χ0) is 20.3. The molecule has 0 radical (unpaired) electrons. The molecule has 2 N–H and O–H groups in total. The van der Waals surface area contributed by atoms with E-state index in [1.807, 2.05) is 24.0 Å². The van der Waals surface area contributed by atoms with Crippen LogP contribution in [-0.4, -0.2) is 36.2 Å². The number of hydrogen-bond donors (Lipinski definition) is 2. The minimum Gasteiger partial charge on any atom is -0.480 e. The number of nitrogens with one attached hydrogen (secondary N) is 2. The van der Waals surface area contributed by atoms with Crippen molar-refractivity contribution in [1.82, 2.24) is 14.1 Å². The van der Waals surface area contributed by atoms with E-state index in [9.17, 15) is 18.0 Å². The average molecular weight is 402 g/mol. The molecule has 2 aromatic heterocycles. The van der Waals surface area contributed by atoms with Crippen LogP contribution in [0.25, 0.3) is 5.65 Å². The molecule has 0 aliphatic heterocycles. The Hall–Kier alpha value is -3.40. The number of rotatable bonds is 6. The molecule has 0 unspecified atom stereocenters. The highest BCUT2D eigenvalue weighted by Gasteiger charge is 2.15. The second-order valence-corrected chi connectivity index (χ2v) is 7.69. The van der Waals surface area contributed by atoms with E-state index in [0.29, 0.717) is 17.1 Å². The molecule has 0 aliphatic rings. The molecule has 146 valence electrons. The van der Waals surface area contributed by atoms with Crippen molar-refractivity contribution >= 4 is 33.2 Å². The Kier molecular flexibility index (Phi) is 5.32. The van der Waals surface area contributed by atoms with Crippen LogP contribution in [0.4, 0.5) is 5.69 Å². The third-order valence-corrected chi connectivity index (χ3v) is 5.10. The number of nitrogens with zero attached hydrogens (tertiary/aromatic N) is 2. The highest BCUT2D eigenvalue weighted by Crippen LogP contribution is 2.19. The van der Waals surface area contributed by atoms with Crippen molar-refractivity contribution in [1.29, 1.82) is 0 Å². The van der Waals surface area contributed by atoms with Gasteiger partial charge in [0.15, 0.2) is 18.0 Å². The lowest BCUT2D eigenvalue weighted by Gasteiger charge is -2.09. The number of carbonyl (C=O) groups excluding carboxylic acids is 2. The first-order valence-corrected chi connectivity index (χ1v) is 9.73. The van der Waals surface area contributed by atoms with Gasteiger partial charge in [0, 0.05) is 25.0 Å². The summed E-state index contributed by atoms with van der Waals surface area (Å²) in [5.74, 6) is -0.623. The van der Waals surface area contributed by atoms with Gasteiger partial charge in [-0.2, -0.15) is 0 Å². The van der Waals surface area contributed by atoms with E-state index in [1.54, 1.807) is 16.5 Å². The smallest absolute Gasteiger partial charge is 0.264 e. The predicted molar refractivity (Wildman–Crippen MR) is 101 cm³/mol. The van der Waals surface area contributed by atoms with E-state index < -0.39 is 21.8 Å². The van der Waals surface area contributed by atoms with E-state index in [2.05, 4.69) is 10.3 Å². The first-order chi connectivity index (χ1) is 13.2. The maximum Gasteiger partial charge on any atom is 0.264 e. The van der Waals surface area contributed by atoms with Gasteiger partial charge in [-0.3, -0.25) is 9.59 Å². The van der Waals surface area contributed by atoms with Crippen LogP contribution in [0.3, 0.4) is 0 Å². The van der Waals surface area contributed by atoms with Gasteiger partial charge in [0.25, 0.3) is 15.9 Å². The zero-order valence-electron chi connectivity index (χ0n) is 15.2. The second kappa shape index (κ2) is 7.69. The van der Waals surface area contributed by atoms with Crippen molar-refractivity contribution < 1.29 is 22.7 Å². The van der Waals surface area contributed by atoms with Crippen molar-refractivity contribution in [2.75, 3.05) is 11.9 Å². The highest BCUT2D eigenvalue weighted by molar-refractivity contribution is 7.90. The largest absolute Gasteiger partial charge is 0.480 e. The normalized spacial score (nSPS) is 11.2. The summed E-state index contributed by atoms with van der Waals surface area (Å²) in [5.41, 5.74) is 1.83. The number of ether oxygens (including phenoxy) is 1. The molecule has 0 fully saturated rings. The molecule has 3 aromatic rings. The van der Waals surface area contributed by atoms with E-state index in [-0.39, 0.29) is 11.5 Å². The number of fused-ring (bicyclic) bond motifs is 1. The summed E-state index contributed by atoms with van der Waals surface area (Å²) < 4.78 is 33.0. The van der Waals surface area contributed by atoms with Crippen molar-refractivity contribution in [3.8, 4) is 5.75 Å². The number of amides is 2. The summed E-state index contributed by atoms with van der Waals surface area (Å²) in [6.07, 6.45) is 3.68. The van der Waals surface area contributed by atoms with E-state index in [1.165, 1.54) is 24.3 Å². The fourth-order valence-corrected chi connectivity index (χ4v) is 3.52. The number of hydrogen-bond acceptors (Lipinski definition) is 6. The Balaban J connectivity index is 1.62. The number of carbonyl (C=O) groups is 2. The minimum absolute atomic E-state index is 0.0849. The van der Waals surface area contributed by atoms with E-state index >= 15 is 0 Å². The Bertz CT molecular complexity index is 1140. The van der Waals surface area contributed by atoms with Crippen LogP contribution in [0.2, 0.25) is 0 Å². The molecule has 28 heavy (non-hydrogen) atoms. The predicted octanol–water partition coefficient (Wildman–Crippen LogP) is 1.49. The van der Waals surface area contributed by atoms with Crippen molar-refractivity contribution in [2.45, 2.75) is 18.7 Å². The molecule has 0 saturated carbocycles. The standard InChI is InChI=1S/C18H18N4O5S/c1-12-10-22-9-3-4-16(18(22)19-12)27-11-17(24)20-14-5-7-15(8-6-14)28(25,26)21-13(2)23/h3-10H,11H2,1-2H3,(H,20,24)(H,21,23). The van der Waals surface area contributed by atoms with Gasteiger partial charge in [0.2, 0.25) is 5.91 Å². The number of imidazole rings is 1. The summed E-state index contributed by atoms with van der Waals surface area (Å²) in [7, 11) is -3.92. The fraction of sp³-hybridized carbons (Fsp3) is 0.167. The molecular formula is C18H18N4O5S. The Labute approximate surface area is 161 Å². The van der Waals surface area contributed by atoms with Crippen LogP contribution in [-0.2, 0) is 19.6 Å². The summed E-state index contributed by atoms with van der Waals surface area (Å²) in [5, 5.41) is 2.61. The van der Waals surface area contributed by atoms with Crippen LogP contribution in [0.15, 0.2) is 53.7 Å². The fourth-order valence-electron chi connectivity index (χ4n) is 2.53. The van der Waals surface area contributed by atoms with Gasteiger partial charge < -0.3 is 14.5 Å². The maximum absolute atomic E-state index is 12.1. The molecule has 0 atom stereocenters. The Morgan fingerprint density at radius 2 is 1.89 bits per heavy atom. The number of pyridine rings is 1. The first-order valence-electron chi connectivity index (χ1n) is 8.25. The third-order valence-electron chi connectivity index (χ3n) is 3.65. The maximum atomic E-state index is 12.1. The molecule has 9 nitrogen and oxygen atoms in total. The molecular weight excluding hydrogens is 384 g/mol. The molecule has 3 rings (SSSR count). The molecule has 10 heteroatoms. The van der Waals surface area contributed by atoms with Gasteiger partial charge >= 0.3 is 0 Å². The molecule has 0 saturated heterocycles. The van der Waals surface area contributed by atoms with Crippen molar-refractivity contribution in [3.63, 3.8) is 0 Å². The van der Waals surface area contributed by atoms with E-state index in [4.69, 9.17) is 4.74 Å². The van der Waals surface area contributed by atoms with Gasteiger partial charge in [-0.25, -0.2) is 18.1 Å². The molecule has 2 heterocycles. The highest BCUT2D eigenvalue weighted by atomic mass is 32.2. The van der Waals surface area contributed by atoms with Gasteiger partial charge in [-0.15, -0.1) is 0 Å². The molecule has 0 aliphatic carbocycles. The van der Waals surface area contributed by atoms with Crippen LogP contribution >= 0.6 is 0 Å². The lowest BCUT2D eigenvalue weighted by molar-refractivity contribution is -0.118. The van der Waals surface area contributed by atoms with Crippen LogP contribution in [0.5, 0.6) is 5.75 Å².